The van der Waals surface area contributed by atoms with Crippen molar-refractivity contribution in [2.24, 2.45) is 0 Å². The molecule has 21 heavy (non-hydrogen) atoms. The van der Waals surface area contributed by atoms with E-state index in [0.717, 1.165) is 6.07 Å². The Hall–Kier alpha value is -2.36. The molecule has 0 aliphatic heterocycles. The summed E-state index contributed by atoms with van der Waals surface area (Å²) < 4.78 is 29.0. The van der Waals surface area contributed by atoms with Crippen LogP contribution in [0.15, 0.2) is 41.0 Å². The molecule has 5 nitrogen and oxygen atoms in total. The number of aliphatic hydroxyl groups excluding tert-OH is 1. The van der Waals surface area contributed by atoms with Crippen LogP contribution in [-0.2, 0) is 11.3 Å². The van der Waals surface area contributed by atoms with Gasteiger partial charge in [-0.1, -0.05) is 0 Å². The van der Waals surface area contributed by atoms with E-state index in [1.807, 2.05) is 6.07 Å². The van der Waals surface area contributed by atoms with Gasteiger partial charge in [0.05, 0.1) is 24.5 Å². The highest BCUT2D eigenvalue weighted by Gasteiger charge is 2.09. The van der Waals surface area contributed by atoms with Crippen LogP contribution < -0.4 is 4.74 Å². The Morgan fingerprint density at radius 2 is 2.19 bits per heavy atom. The molecule has 0 fully saturated rings. The van der Waals surface area contributed by atoms with E-state index < -0.39 is 11.9 Å². The van der Waals surface area contributed by atoms with Crippen LogP contribution in [0.4, 0.5) is 4.39 Å². The highest BCUT2D eigenvalue weighted by molar-refractivity contribution is 5.35. The van der Waals surface area contributed by atoms with Gasteiger partial charge in [0.25, 0.3) is 0 Å². The lowest BCUT2D eigenvalue weighted by Crippen LogP contribution is -2.23. The molecule has 1 N–H and O–H groups in total. The summed E-state index contributed by atoms with van der Waals surface area (Å²) in [6.07, 6.45) is 0.640. The van der Waals surface area contributed by atoms with Crippen molar-refractivity contribution in [3.63, 3.8) is 0 Å². The minimum atomic E-state index is -0.894. The lowest BCUT2D eigenvalue weighted by molar-refractivity contribution is 0.000288. The van der Waals surface area contributed by atoms with E-state index in [-0.39, 0.29) is 31.1 Å². The highest BCUT2D eigenvalue weighted by atomic mass is 19.1. The normalized spacial score (nSPS) is 11.9. The third kappa shape index (κ3) is 4.60. The maximum atomic E-state index is 13.5. The quantitative estimate of drug-likeness (QED) is 0.846. The number of hydrogen-bond donors (Lipinski definition) is 1. The summed E-state index contributed by atoms with van der Waals surface area (Å²) in [5.74, 6) is -0.00177. The van der Waals surface area contributed by atoms with Crippen molar-refractivity contribution in [2.75, 3.05) is 13.2 Å². The monoisotopic (exact) mass is 291 g/mol. The van der Waals surface area contributed by atoms with Gasteiger partial charge < -0.3 is 19.0 Å². The van der Waals surface area contributed by atoms with Gasteiger partial charge in [-0.3, -0.25) is 0 Å². The molecule has 0 bridgehead atoms. The summed E-state index contributed by atoms with van der Waals surface area (Å²) in [6.45, 7) is 0.175. The molecular formula is C15H14FNO4. The zero-order valence-corrected chi connectivity index (χ0v) is 11.2. The molecule has 0 saturated carbocycles. The summed E-state index contributed by atoms with van der Waals surface area (Å²) >= 11 is 0. The number of hydrogen-bond acceptors (Lipinski definition) is 5. The second-order valence-corrected chi connectivity index (χ2v) is 4.32. The van der Waals surface area contributed by atoms with Crippen LogP contribution in [0.2, 0.25) is 0 Å². The van der Waals surface area contributed by atoms with Gasteiger partial charge in [0.2, 0.25) is 0 Å². The van der Waals surface area contributed by atoms with Crippen molar-refractivity contribution < 1.29 is 23.4 Å². The molecule has 1 heterocycles. The second kappa shape index (κ2) is 7.43. The molecule has 0 amide bonds. The molecule has 1 aromatic heterocycles. The van der Waals surface area contributed by atoms with Crippen molar-refractivity contribution in [1.29, 1.82) is 5.26 Å². The average Bonchev–Trinajstić information content (AvgIpc) is 2.99. The number of rotatable bonds is 7. The zero-order valence-electron chi connectivity index (χ0n) is 11.2. The molecule has 1 unspecified atom stereocenters. The van der Waals surface area contributed by atoms with Gasteiger partial charge in [0.15, 0.2) is 11.6 Å². The van der Waals surface area contributed by atoms with Crippen molar-refractivity contribution in [3.05, 3.63) is 53.7 Å². The number of halogens is 1. The lowest BCUT2D eigenvalue weighted by atomic mass is 10.2. The van der Waals surface area contributed by atoms with Crippen molar-refractivity contribution in [2.45, 2.75) is 12.7 Å². The first kappa shape index (κ1) is 15.0. The van der Waals surface area contributed by atoms with Gasteiger partial charge >= 0.3 is 0 Å². The Kier molecular flexibility index (Phi) is 5.32. The molecule has 2 rings (SSSR count). The van der Waals surface area contributed by atoms with Gasteiger partial charge in [0.1, 0.15) is 25.1 Å². The Bertz CT molecular complexity index is 607. The molecule has 0 saturated heterocycles. The van der Waals surface area contributed by atoms with Crippen LogP contribution in [-0.4, -0.2) is 24.4 Å². The molecule has 2 aromatic rings. The van der Waals surface area contributed by atoms with E-state index in [0.29, 0.717) is 5.76 Å². The maximum Gasteiger partial charge on any atom is 0.166 e. The van der Waals surface area contributed by atoms with Crippen LogP contribution in [0.25, 0.3) is 0 Å². The van der Waals surface area contributed by atoms with E-state index in [1.54, 1.807) is 12.1 Å². The minimum Gasteiger partial charge on any atom is -0.488 e. The predicted octanol–water partition coefficient (Wildman–Crippen LogP) is 2.25. The van der Waals surface area contributed by atoms with E-state index in [4.69, 9.17) is 19.2 Å². The number of nitrogens with zero attached hydrogens (tertiary/aromatic N) is 1. The lowest BCUT2D eigenvalue weighted by Gasteiger charge is -2.12. The van der Waals surface area contributed by atoms with Gasteiger partial charge in [0, 0.05) is 0 Å². The Balaban J connectivity index is 1.73. The molecule has 1 atom stereocenters. The first-order chi connectivity index (χ1) is 10.2. The highest BCUT2D eigenvalue weighted by Crippen LogP contribution is 2.18. The molecule has 6 heteroatoms. The Labute approximate surface area is 121 Å². The number of benzene rings is 1. The molecule has 0 aliphatic carbocycles. The van der Waals surface area contributed by atoms with Crippen molar-refractivity contribution >= 4 is 0 Å². The number of aliphatic hydroxyl groups is 1. The van der Waals surface area contributed by atoms with Crippen molar-refractivity contribution in [3.8, 4) is 11.8 Å². The zero-order chi connectivity index (χ0) is 15.1. The van der Waals surface area contributed by atoms with E-state index in [9.17, 15) is 9.50 Å². The number of furan rings is 1. The van der Waals surface area contributed by atoms with Crippen molar-refractivity contribution in [1.82, 2.24) is 0 Å². The van der Waals surface area contributed by atoms with Crippen LogP contribution in [0, 0.1) is 17.1 Å². The van der Waals surface area contributed by atoms with Gasteiger partial charge in [-0.2, -0.15) is 5.26 Å². The van der Waals surface area contributed by atoms with Crippen LogP contribution in [0.5, 0.6) is 5.75 Å². The molecule has 110 valence electrons. The molecule has 0 aliphatic rings. The van der Waals surface area contributed by atoms with Gasteiger partial charge in [-0.25, -0.2) is 4.39 Å². The summed E-state index contributed by atoms with van der Waals surface area (Å²) in [4.78, 5) is 0. The minimum absolute atomic E-state index is 0.0147. The van der Waals surface area contributed by atoms with Gasteiger partial charge in [-0.05, 0) is 30.3 Å². The first-order valence-electron chi connectivity index (χ1n) is 6.29. The topological polar surface area (TPSA) is 75.6 Å². The largest absolute Gasteiger partial charge is 0.488 e. The maximum absolute atomic E-state index is 13.5. The average molecular weight is 291 g/mol. The summed E-state index contributed by atoms with van der Waals surface area (Å²) in [6, 6.07) is 9.20. The third-order valence-electron chi connectivity index (χ3n) is 2.63. The molecular weight excluding hydrogens is 277 g/mol. The third-order valence-corrected chi connectivity index (χ3v) is 2.63. The Morgan fingerprint density at radius 3 is 2.86 bits per heavy atom. The van der Waals surface area contributed by atoms with Gasteiger partial charge in [-0.15, -0.1) is 0 Å². The summed E-state index contributed by atoms with van der Waals surface area (Å²) in [5.41, 5.74) is 0.210. The fraction of sp³-hybridized carbons (Fsp3) is 0.267. The second-order valence-electron chi connectivity index (χ2n) is 4.32. The first-order valence-corrected chi connectivity index (χ1v) is 6.29. The Morgan fingerprint density at radius 1 is 1.33 bits per heavy atom. The van der Waals surface area contributed by atoms with Crippen LogP contribution >= 0.6 is 0 Å². The molecule has 1 aromatic carbocycles. The van der Waals surface area contributed by atoms with Crippen LogP contribution in [0.3, 0.4) is 0 Å². The van der Waals surface area contributed by atoms with E-state index in [1.165, 1.54) is 18.4 Å². The smallest absolute Gasteiger partial charge is 0.166 e. The van der Waals surface area contributed by atoms with E-state index >= 15 is 0 Å². The standard InChI is InChI=1S/C15H14FNO4/c16-14-6-11(7-17)3-4-15(14)21-9-12(18)8-19-10-13-2-1-5-20-13/h1-6,12,18H,8-10H2. The summed E-state index contributed by atoms with van der Waals surface area (Å²) in [5, 5.41) is 18.3. The molecule has 0 spiro atoms. The number of ether oxygens (including phenoxy) is 2. The predicted molar refractivity (Wildman–Crippen MR) is 71.0 cm³/mol. The van der Waals surface area contributed by atoms with E-state index in [2.05, 4.69) is 0 Å². The SMILES string of the molecule is N#Cc1ccc(OCC(O)COCc2ccco2)c(F)c1. The fourth-order valence-corrected chi connectivity index (χ4v) is 1.61. The molecule has 0 radical (unpaired) electrons. The summed E-state index contributed by atoms with van der Waals surface area (Å²) in [7, 11) is 0. The number of nitriles is 1. The fourth-order valence-electron chi connectivity index (χ4n) is 1.61. The van der Waals surface area contributed by atoms with Crippen LogP contribution in [0.1, 0.15) is 11.3 Å².